The third-order valence-electron chi connectivity index (χ3n) is 5.51. The van der Waals surface area contributed by atoms with E-state index in [1.165, 1.54) is 19.6 Å². The molecule has 1 fully saturated rings. The van der Waals surface area contributed by atoms with Gasteiger partial charge in [-0.25, -0.2) is 9.97 Å². The van der Waals surface area contributed by atoms with Crippen molar-refractivity contribution >= 4 is 17.4 Å². The van der Waals surface area contributed by atoms with Crippen molar-refractivity contribution in [3.8, 4) is 11.8 Å². The zero-order valence-electron chi connectivity index (χ0n) is 16.2. The summed E-state index contributed by atoms with van der Waals surface area (Å²) in [5.74, 6) is 0.526. The number of amides is 1. The average Bonchev–Trinajstić information content (AvgIpc) is 3.01. The van der Waals surface area contributed by atoms with Crippen LogP contribution in [0.25, 0.3) is 0 Å². The van der Waals surface area contributed by atoms with Crippen LogP contribution in [0, 0.1) is 18.3 Å². The van der Waals surface area contributed by atoms with Crippen LogP contribution >= 0.6 is 0 Å². The first-order valence-electron chi connectivity index (χ1n) is 9.29. The number of fused-ring (bicyclic) bond motifs is 2. The van der Waals surface area contributed by atoms with E-state index in [1.807, 2.05) is 4.90 Å². The van der Waals surface area contributed by atoms with E-state index in [-0.39, 0.29) is 11.5 Å². The normalized spacial score (nSPS) is 17.5. The van der Waals surface area contributed by atoms with Gasteiger partial charge < -0.3 is 15.4 Å². The molecule has 29 heavy (non-hydrogen) atoms. The van der Waals surface area contributed by atoms with Gasteiger partial charge in [0.15, 0.2) is 11.6 Å². The fourth-order valence-corrected chi connectivity index (χ4v) is 4.07. The van der Waals surface area contributed by atoms with Gasteiger partial charge in [-0.3, -0.25) is 19.1 Å². The number of likely N-dealkylation sites (tertiary alicyclic amines) is 1. The molecular formula is C19H21N7O3. The van der Waals surface area contributed by atoms with Gasteiger partial charge in [0, 0.05) is 25.9 Å². The van der Waals surface area contributed by atoms with E-state index in [9.17, 15) is 9.59 Å². The molecule has 2 aliphatic rings. The Balaban J connectivity index is 1.76. The Kier molecular flexibility index (Phi) is 4.68. The lowest BCUT2D eigenvalue weighted by atomic mass is 9.96. The molecule has 2 aliphatic heterocycles. The highest BCUT2D eigenvalue weighted by molar-refractivity contribution is 5.97. The van der Waals surface area contributed by atoms with Crippen molar-refractivity contribution in [3.63, 3.8) is 0 Å². The molecule has 0 saturated carbocycles. The maximum atomic E-state index is 13.4. The molecule has 4 heterocycles. The molecule has 0 unspecified atom stereocenters. The van der Waals surface area contributed by atoms with Crippen molar-refractivity contribution in [2.75, 3.05) is 32.1 Å². The summed E-state index contributed by atoms with van der Waals surface area (Å²) in [5, 5.41) is 15.0. The fraction of sp³-hybridized carbons (Fsp3) is 0.421. The molecule has 10 nitrogen and oxygen atoms in total. The van der Waals surface area contributed by atoms with Crippen LogP contribution in [0.4, 0.5) is 11.5 Å². The maximum absolute atomic E-state index is 13.4. The summed E-state index contributed by atoms with van der Waals surface area (Å²) in [6.07, 6.45) is 3.96. The van der Waals surface area contributed by atoms with Gasteiger partial charge >= 0.3 is 0 Å². The highest BCUT2D eigenvalue weighted by Gasteiger charge is 2.46. The number of methoxy groups -OCH3 is 1. The SMILES string of the molecule is COc1cncnc1Nc1cc(C)c2n(c1=O)C1(CCN(CC#N)CC1)NC2=O. The number of nitrogens with zero attached hydrogens (tertiary/aromatic N) is 5. The average molecular weight is 395 g/mol. The van der Waals surface area contributed by atoms with Crippen LogP contribution in [0.5, 0.6) is 5.75 Å². The van der Waals surface area contributed by atoms with E-state index in [1.54, 1.807) is 17.6 Å². The summed E-state index contributed by atoms with van der Waals surface area (Å²) < 4.78 is 6.82. The number of piperidine rings is 1. The third-order valence-corrected chi connectivity index (χ3v) is 5.51. The summed E-state index contributed by atoms with van der Waals surface area (Å²) in [4.78, 5) is 36.2. The van der Waals surface area contributed by atoms with E-state index in [0.717, 1.165) is 0 Å². The lowest BCUT2D eigenvalue weighted by Gasteiger charge is -2.39. The van der Waals surface area contributed by atoms with Crippen molar-refractivity contribution in [1.82, 2.24) is 24.8 Å². The molecule has 4 rings (SSSR count). The molecule has 0 atom stereocenters. The van der Waals surface area contributed by atoms with Crippen LogP contribution < -0.4 is 20.9 Å². The molecular weight excluding hydrogens is 374 g/mol. The summed E-state index contributed by atoms with van der Waals surface area (Å²) in [7, 11) is 1.50. The Morgan fingerprint density at radius 1 is 1.38 bits per heavy atom. The zero-order chi connectivity index (χ0) is 20.6. The highest BCUT2D eigenvalue weighted by atomic mass is 16.5. The first kappa shape index (κ1) is 18.9. The molecule has 0 aromatic carbocycles. The molecule has 150 valence electrons. The van der Waals surface area contributed by atoms with Gasteiger partial charge in [0.1, 0.15) is 23.4 Å². The number of carbonyl (C=O) groups is 1. The Labute approximate surface area is 167 Å². The van der Waals surface area contributed by atoms with Crippen LogP contribution in [-0.2, 0) is 5.66 Å². The Hall–Kier alpha value is -3.45. The number of hydrogen-bond donors (Lipinski definition) is 2. The first-order valence-corrected chi connectivity index (χ1v) is 9.29. The molecule has 0 bridgehead atoms. The quantitative estimate of drug-likeness (QED) is 0.725. The number of anilines is 2. The number of nitrogens with one attached hydrogen (secondary N) is 2. The number of aryl methyl sites for hydroxylation is 1. The Morgan fingerprint density at radius 2 is 2.14 bits per heavy atom. The van der Waals surface area contributed by atoms with Crippen LogP contribution in [0.1, 0.15) is 28.9 Å². The summed E-state index contributed by atoms with van der Waals surface area (Å²) >= 11 is 0. The number of pyridine rings is 1. The zero-order valence-corrected chi connectivity index (χ0v) is 16.2. The van der Waals surface area contributed by atoms with E-state index in [4.69, 9.17) is 10.00 Å². The molecule has 2 aromatic heterocycles. The number of rotatable bonds is 4. The minimum Gasteiger partial charge on any atom is -0.491 e. The Bertz CT molecular complexity index is 1060. The van der Waals surface area contributed by atoms with E-state index in [0.29, 0.717) is 61.0 Å². The molecule has 1 spiro atoms. The predicted octanol–water partition coefficient (Wildman–Crippen LogP) is 0.714. The first-order chi connectivity index (χ1) is 14.0. The number of hydrogen-bond acceptors (Lipinski definition) is 8. The van der Waals surface area contributed by atoms with Gasteiger partial charge in [-0.2, -0.15) is 5.26 Å². The lowest BCUT2D eigenvalue weighted by molar-refractivity contribution is 0.0777. The Morgan fingerprint density at radius 3 is 2.83 bits per heavy atom. The molecule has 1 amide bonds. The number of carbonyl (C=O) groups excluding carboxylic acids is 1. The van der Waals surface area contributed by atoms with Crippen LogP contribution in [-0.4, -0.2) is 52.1 Å². The number of aromatic nitrogens is 3. The molecule has 0 aliphatic carbocycles. The van der Waals surface area contributed by atoms with Crippen LogP contribution in [0.2, 0.25) is 0 Å². The van der Waals surface area contributed by atoms with Gasteiger partial charge in [-0.15, -0.1) is 0 Å². The third kappa shape index (κ3) is 3.09. The van der Waals surface area contributed by atoms with Gasteiger partial charge in [0.25, 0.3) is 11.5 Å². The van der Waals surface area contributed by atoms with Gasteiger partial charge in [0.05, 0.1) is 25.9 Å². The van der Waals surface area contributed by atoms with Crippen molar-refractivity contribution in [2.24, 2.45) is 0 Å². The monoisotopic (exact) mass is 395 g/mol. The van der Waals surface area contributed by atoms with E-state index in [2.05, 4.69) is 26.7 Å². The fourth-order valence-electron chi connectivity index (χ4n) is 4.07. The topological polar surface area (TPSA) is 125 Å². The van der Waals surface area contributed by atoms with Crippen LogP contribution in [0.3, 0.4) is 0 Å². The second-order valence-corrected chi connectivity index (χ2v) is 7.21. The van der Waals surface area contributed by atoms with Crippen molar-refractivity contribution < 1.29 is 9.53 Å². The minimum atomic E-state index is -0.784. The van der Waals surface area contributed by atoms with Gasteiger partial charge in [-0.05, 0) is 18.6 Å². The summed E-state index contributed by atoms with van der Waals surface area (Å²) in [6.45, 7) is 3.38. The van der Waals surface area contributed by atoms with Crippen molar-refractivity contribution in [1.29, 1.82) is 5.26 Å². The lowest BCUT2D eigenvalue weighted by Crippen LogP contribution is -2.54. The number of ether oxygens (including phenoxy) is 1. The summed E-state index contributed by atoms with van der Waals surface area (Å²) in [5.41, 5.74) is 0.281. The predicted molar refractivity (Wildman–Crippen MR) is 104 cm³/mol. The van der Waals surface area contributed by atoms with E-state index < -0.39 is 5.66 Å². The smallest absolute Gasteiger partial charge is 0.276 e. The van der Waals surface area contributed by atoms with Crippen LogP contribution in [0.15, 0.2) is 23.4 Å². The van der Waals surface area contributed by atoms with Crippen molar-refractivity contribution in [3.05, 3.63) is 40.2 Å². The maximum Gasteiger partial charge on any atom is 0.276 e. The molecule has 2 N–H and O–H groups in total. The highest BCUT2D eigenvalue weighted by Crippen LogP contribution is 2.34. The van der Waals surface area contributed by atoms with Crippen molar-refractivity contribution in [2.45, 2.75) is 25.4 Å². The molecule has 2 aromatic rings. The second kappa shape index (κ2) is 7.18. The van der Waals surface area contributed by atoms with Gasteiger partial charge in [-0.1, -0.05) is 0 Å². The second-order valence-electron chi connectivity index (χ2n) is 7.21. The van der Waals surface area contributed by atoms with Gasteiger partial charge in [0.2, 0.25) is 0 Å². The molecule has 10 heteroatoms. The standard InChI is InChI=1S/C19H21N7O3/c1-12-9-13(23-16-14(29-2)10-21-11-22-16)18(28)26-15(12)17(27)24-19(26)3-6-25(7-4-19)8-5-20/h9-11H,3-4,6-8H2,1-2H3,(H,24,27)(H,21,22,23). The summed E-state index contributed by atoms with van der Waals surface area (Å²) in [6, 6.07) is 3.80. The molecule has 0 radical (unpaired) electrons. The minimum absolute atomic E-state index is 0.250. The largest absolute Gasteiger partial charge is 0.491 e. The number of nitriles is 1. The van der Waals surface area contributed by atoms with E-state index >= 15 is 0 Å². The molecule has 1 saturated heterocycles.